The molecule has 0 bridgehead atoms. The van der Waals surface area contributed by atoms with Gasteiger partial charge in [0.1, 0.15) is 19.3 Å². The van der Waals surface area contributed by atoms with Crippen molar-refractivity contribution in [1.82, 2.24) is 0 Å². The Morgan fingerprint density at radius 1 is 1.00 bits per heavy atom. The summed E-state index contributed by atoms with van der Waals surface area (Å²) in [6.07, 6.45) is -0.185. The molecule has 0 saturated carbocycles. The third-order valence-corrected chi connectivity index (χ3v) is 4.37. The van der Waals surface area contributed by atoms with Crippen LogP contribution in [0.4, 0.5) is 0 Å². The van der Waals surface area contributed by atoms with Crippen LogP contribution in [0.15, 0.2) is 0 Å². The summed E-state index contributed by atoms with van der Waals surface area (Å²) in [6.45, 7) is 13.8. The molecule has 0 amide bonds. The Balaban J connectivity index is 4.71. The molecule has 0 aliphatic heterocycles. The summed E-state index contributed by atoms with van der Waals surface area (Å²) < 4.78 is 10.2. The summed E-state index contributed by atoms with van der Waals surface area (Å²) in [5.74, 6) is -0.381. The molecule has 6 heteroatoms. The van der Waals surface area contributed by atoms with Gasteiger partial charge in [-0.3, -0.25) is 9.59 Å². The largest absolute Gasteiger partial charge is 0.463 e. The van der Waals surface area contributed by atoms with E-state index in [0.717, 1.165) is 0 Å². The second-order valence-electron chi connectivity index (χ2n) is 8.73. The fourth-order valence-electron chi connectivity index (χ4n) is 2.44. The molecule has 0 aliphatic rings. The molecule has 0 fully saturated rings. The molecular weight excluding hydrogens is 328 g/mol. The molecule has 0 aromatic heterocycles. The van der Waals surface area contributed by atoms with Gasteiger partial charge in [-0.1, -0.05) is 41.5 Å². The lowest BCUT2D eigenvalue weighted by Gasteiger charge is -2.43. The molecule has 0 saturated heterocycles. The monoisotopic (exact) mass is 362 g/mol. The summed E-state index contributed by atoms with van der Waals surface area (Å²) in [7, 11) is 0. The molecule has 0 aromatic carbocycles. The van der Waals surface area contributed by atoms with Gasteiger partial charge >= 0.3 is 11.9 Å². The van der Waals surface area contributed by atoms with Crippen molar-refractivity contribution in [3.8, 4) is 0 Å². The Hall–Kier alpha value is -0.750. The van der Waals surface area contributed by atoms with Gasteiger partial charge in [-0.15, -0.1) is 0 Å². The number of thiol groups is 1. The Morgan fingerprint density at radius 2 is 1.50 bits per heavy atom. The average molecular weight is 363 g/mol. The maximum Gasteiger partial charge on any atom is 0.312 e. The molecule has 24 heavy (non-hydrogen) atoms. The summed E-state index contributed by atoms with van der Waals surface area (Å²) in [5, 5.41) is 9.84. The Bertz CT molecular complexity index is 422. The molecule has 0 radical (unpaired) electrons. The van der Waals surface area contributed by atoms with E-state index in [2.05, 4.69) is 33.4 Å². The van der Waals surface area contributed by atoms with Crippen molar-refractivity contribution in [2.45, 2.75) is 67.4 Å². The van der Waals surface area contributed by atoms with Gasteiger partial charge in [0.05, 0.1) is 11.8 Å². The lowest BCUT2D eigenvalue weighted by atomic mass is 9.61. The number of esters is 2. The highest BCUT2D eigenvalue weighted by atomic mass is 32.1. The van der Waals surface area contributed by atoms with Gasteiger partial charge in [-0.05, 0) is 24.2 Å². The molecule has 0 aliphatic carbocycles. The number of hydrogen-bond acceptors (Lipinski definition) is 6. The zero-order valence-corrected chi connectivity index (χ0v) is 17.0. The molecule has 2 atom stereocenters. The molecule has 5 nitrogen and oxygen atoms in total. The van der Waals surface area contributed by atoms with Gasteiger partial charge in [0.25, 0.3) is 0 Å². The van der Waals surface area contributed by atoms with Crippen molar-refractivity contribution < 1.29 is 24.2 Å². The van der Waals surface area contributed by atoms with Gasteiger partial charge in [0.15, 0.2) is 0 Å². The highest BCUT2D eigenvalue weighted by Crippen LogP contribution is 2.47. The van der Waals surface area contributed by atoms with Crippen LogP contribution < -0.4 is 0 Å². The maximum atomic E-state index is 12.7. The second-order valence-corrected chi connectivity index (χ2v) is 9.18. The van der Waals surface area contributed by atoms with Gasteiger partial charge in [0.2, 0.25) is 0 Å². The third kappa shape index (κ3) is 7.88. The van der Waals surface area contributed by atoms with Crippen LogP contribution in [-0.4, -0.2) is 42.1 Å². The van der Waals surface area contributed by atoms with Crippen molar-refractivity contribution in [1.29, 1.82) is 0 Å². The van der Waals surface area contributed by atoms with E-state index >= 15 is 0 Å². The van der Waals surface area contributed by atoms with E-state index in [1.54, 1.807) is 0 Å². The van der Waals surface area contributed by atoms with E-state index in [4.69, 9.17) is 9.47 Å². The maximum absolute atomic E-state index is 12.7. The molecule has 0 aromatic rings. The summed E-state index contributed by atoms with van der Waals surface area (Å²) in [6, 6.07) is 0. The van der Waals surface area contributed by atoms with Crippen molar-refractivity contribution >= 4 is 24.6 Å². The van der Waals surface area contributed by atoms with Gasteiger partial charge in [0, 0.05) is 5.75 Å². The zero-order chi connectivity index (χ0) is 19.2. The van der Waals surface area contributed by atoms with E-state index in [9.17, 15) is 14.7 Å². The van der Waals surface area contributed by atoms with Crippen molar-refractivity contribution in [2.75, 3.05) is 19.0 Å². The fourth-order valence-corrected chi connectivity index (χ4v) is 2.62. The topological polar surface area (TPSA) is 72.8 Å². The second kappa shape index (κ2) is 9.09. The summed E-state index contributed by atoms with van der Waals surface area (Å²) >= 11 is 3.93. The first-order valence-corrected chi connectivity index (χ1v) is 8.98. The highest BCUT2D eigenvalue weighted by molar-refractivity contribution is 7.80. The fraction of sp³-hybridized carbons (Fsp3) is 0.889. The van der Waals surface area contributed by atoms with Crippen LogP contribution in [0, 0.1) is 16.2 Å². The average Bonchev–Trinajstić information content (AvgIpc) is 2.39. The minimum atomic E-state index is -1.03. The Labute approximate surface area is 151 Å². The zero-order valence-electron chi connectivity index (χ0n) is 16.1. The first kappa shape index (κ1) is 23.2. The molecule has 0 heterocycles. The molecule has 2 unspecified atom stereocenters. The normalized spacial score (nSPS) is 16.2. The SMILES string of the molecule is CC(C)(C)CC(C)(C(=O)OCC(O)COC(=O)CCS)C(C)(C)C. The van der Waals surface area contributed by atoms with Crippen LogP contribution in [0.25, 0.3) is 0 Å². The number of carbonyl (C=O) groups is 2. The van der Waals surface area contributed by atoms with Crippen LogP contribution in [-0.2, 0) is 19.1 Å². The molecule has 1 N–H and O–H groups in total. The lowest BCUT2D eigenvalue weighted by Crippen LogP contribution is -2.45. The predicted molar refractivity (Wildman–Crippen MR) is 98.0 cm³/mol. The van der Waals surface area contributed by atoms with E-state index < -0.39 is 17.5 Å². The number of ether oxygens (including phenoxy) is 2. The summed E-state index contributed by atoms with van der Waals surface area (Å²) in [4.78, 5) is 23.9. The first-order chi connectivity index (χ1) is 10.7. The summed E-state index contributed by atoms with van der Waals surface area (Å²) in [5.41, 5.74) is -1.02. The number of rotatable bonds is 8. The van der Waals surface area contributed by atoms with E-state index in [1.165, 1.54) is 0 Å². The van der Waals surface area contributed by atoms with Gasteiger partial charge < -0.3 is 14.6 Å². The molecular formula is C18H34O5S. The van der Waals surface area contributed by atoms with Crippen molar-refractivity contribution in [3.05, 3.63) is 0 Å². The number of hydrogen-bond donors (Lipinski definition) is 2. The Morgan fingerprint density at radius 3 is 1.92 bits per heavy atom. The smallest absolute Gasteiger partial charge is 0.312 e. The van der Waals surface area contributed by atoms with Crippen LogP contribution in [0.5, 0.6) is 0 Å². The lowest BCUT2D eigenvalue weighted by molar-refractivity contribution is -0.169. The van der Waals surface area contributed by atoms with Gasteiger partial charge in [-0.2, -0.15) is 12.6 Å². The third-order valence-electron chi connectivity index (χ3n) is 4.15. The van der Waals surface area contributed by atoms with Crippen LogP contribution in [0.2, 0.25) is 0 Å². The standard InChI is InChI=1S/C18H34O5S/c1-16(2,3)12-18(7,17(4,5)6)15(21)23-11-13(19)10-22-14(20)8-9-24/h13,19,24H,8-12H2,1-7H3. The number of aliphatic hydroxyl groups excluding tert-OH is 1. The minimum Gasteiger partial charge on any atom is -0.463 e. The molecule has 0 rings (SSSR count). The van der Waals surface area contributed by atoms with E-state index in [0.29, 0.717) is 12.2 Å². The van der Waals surface area contributed by atoms with Crippen LogP contribution in [0.1, 0.15) is 61.3 Å². The molecule has 142 valence electrons. The molecule has 0 spiro atoms. The minimum absolute atomic E-state index is 0.0396. The first-order valence-electron chi connectivity index (χ1n) is 8.35. The highest BCUT2D eigenvalue weighted by Gasteiger charge is 2.47. The number of aliphatic hydroxyl groups is 1. The van der Waals surface area contributed by atoms with Gasteiger partial charge in [-0.25, -0.2) is 0 Å². The number of carbonyl (C=O) groups excluding carboxylic acids is 2. The predicted octanol–water partition coefficient (Wildman–Crippen LogP) is 3.24. The van der Waals surface area contributed by atoms with E-state index in [1.807, 2.05) is 27.7 Å². The quantitative estimate of drug-likeness (QED) is 0.512. The van der Waals surface area contributed by atoms with Crippen molar-refractivity contribution in [3.63, 3.8) is 0 Å². The Kier molecular flexibility index (Phi) is 8.80. The van der Waals surface area contributed by atoms with Crippen molar-refractivity contribution in [2.24, 2.45) is 16.2 Å². The van der Waals surface area contributed by atoms with Crippen LogP contribution >= 0.6 is 12.6 Å². The van der Waals surface area contributed by atoms with E-state index in [-0.39, 0.29) is 36.4 Å². The van der Waals surface area contributed by atoms with Crippen LogP contribution in [0.3, 0.4) is 0 Å².